The van der Waals surface area contributed by atoms with Gasteiger partial charge in [0.1, 0.15) is 0 Å². The number of aliphatic hydroxyl groups excluding tert-OH is 1. The van der Waals surface area contributed by atoms with Crippen LogP contribution >= 0.6 is 0 Å². The molecule has 3 heteroatoms. The summed E-state index contributed by atoms with van der Waals surface area (Å²) in [5, 5.41) is 19.0. The normalized spacial score (nSPS) is 37.1. The first-order chi connectivity index (χ1) is 8.56. The van der Waals surface area contributed by atoms with E-state index in [4.69, 9.17) is 5.11 Å². The Kier molecular flexibility index (Phi) is 4.31. The first-order valence-corrected chi connectivity index (χ1v) is 7.47. The van der Waals surface area contributed by atoms with E-state index in [1.165, 1.54) is 25.7 Å². The van der Waals surface area contributed by atoms with E-state index in [9.17, 15) is 9.90 Å². The van der Waals surface area contributed by atoms with Gasteiger partial charge >= 0.3 is 5.97 Å². The molecule has 0 amide bonds. The van der Waals surface area contributed by atoms with Gasteiger partial charge in [-0.15, -0.1) is 0 Å². The molecule has 0 bridgehead atoms. The van der Waals surface area contributed by atoms with Crippen molar-refractivity contribution in [2.45, 2.75) is 58.5 Å². The third-order valence-corrected chi connectivity index (χ3v) is 5.03. The molecule has 0 aliphatic heterocycles. The van der Waals surface area contributed by atoms with Crippen molar-refractivity contribution in [2.75, 3.05) is 0 Å². The van der Waals surface area contributed by atoms with E-state index in [1.54, 1.807) is 0 Å². The topological polar surface area (TPSA) is 57.5 Å². The summed E-state index contributed by atoms with van der Waals surface area (Å²) in [6, 6.07) is 0. The predicted molar refractivity (Wildman–Crippen MR) is 70.1 cm³/mol. The number of hydrogen-bond acceptors (Lipinski definition) is 2. The first kappa shape index (κ1) is 13.9. The number of carbonyl (C=O) groups is 1. The van der Waals surface area contributed by atoms with E-state index in [-0.39, 0.29) is 0 Å². The Morgan fingerprint density at radius 2 is 1.78 bits per heavy atom. The van der Waals surface area contributed by atoms with E-state index in [0.29, 0.717) is 18.8 Å². The highest BCUT2D eigenvalue weighted by molar-refractivity contribution is 5.70. The van der Waals surface area contributed by atoms with Crippen LogP contribution in [0.3, 0.4) is 0 Å². The van der Waals surface area contributed by atoms with Crippen LogP contribution in [0.25, 0.3) is 0 Å². The lowest BCUT2D eigenvalue weighted by Crippen LogP contribution is -2.28. The highest BCUT2D eigenvalue weighted by Gasteiger charge is 2.45. The number of hydrogen-bond donors (Lipinski definition) is 2. The molecule has 0 spiro atoms. The second-order valence-electron chi connectivity index (χ2n) is 6.31. The molecule has 2 saturated carbocycles. The van der Waals surface area contributed by atoms with Gasteiger partial charge in [0.15, 0.2) is 0 Å². The summed E-state index contributed by atoms with van der Waals surface area (Å²) in [6.07, 6.45) is 5.80. The summed E-state index contributed by atoms with van der Waals surface area (Å²) in [6.45, 7) is 4.10. The Morgan fingerprint density at radius 3 is 2.28 bits per heavy atom. The Bertz CT molecular complexity index is 302. The molecule has 2 N–H and O–H groups in total. The molecule has 4 unspecified atom stereocenters. The molecule has 6 atom stereocenters. The average molecular weight is 254 g/mol. The molecule has 2 aliphatic carbocycles. The monoisotopic (exact) mass is 254 g/mol. The molecule has 3 nitrogen and oxygen atoms in total. The summed E-state index contributed by atoms with van der Waals surface area (Å²) in [7, 11) is 0. The van der Waals surface area contributed by atoms with E-state index in [0.717, 1.165) is 17.8 Å². The van der Waals surface area contributed by atoms with Crippen LogP contribution in [0.4, 0.5) is 0 Å². The molecule has 0 saturated heterocycles. The van der Waals surface area contributed by atoms with Gasteiger partial charge in [0.2, 0.25) is 0 Å². The van der Waals surface area contributed by atoms with Crippen molar-refractivity contribution >= 4 is 5.97 Å². The van der Waals surface area contributed by atoms with Gasteiger partial charge < -0.3 is 10.2 Å². The highest BCUT2D eigenvalue weighted by atomic mass is 16.4. The molecule has 2 rings (SSSR count). The second-order valence-corrected chi connectivity index (χ2v) is 6.31. The number of rotatable bonds is 8. The van der Waals surface area contributed by atoms with Crippen LogP contribution in [-0.2, 0) is 4.79 Å². The van der Waals surface area contributed by atoms with Gasteiger partial charge in [0.05, 0.1) is 12.0 Å². The molecule has 18 heavy (non-hydrogen) atoms. The predicted octanol–water partition coefficient (Wildman–Crippen LogP) is 2.92. The lowest BCUT2D eigenvalue weighted by Gasteiger charge is -2.17. The van der Waals surface area contributed by atoms with Crippen molar-refractivity contribution in [1.29, 1.82) is 0 Å². The zero-order valence-corrected chi connectivity index (χ0v) is 11.5. The Hall–Kier alpha value is -0.570. The smallest absolute Gasteiger partial charge is 0.309 e. The third kappa shape index (κ3) is 3.25. The minimum atomic E-state index is -0.851. The number of carboxylic acids is 1. The van der Waals surface area contributed by atoms with Crippen molar-refractivity contribution < 1.29 is 15.0 Å². The van der Waals surface area contributed by atoms with Crippen LogP contribution in [0.15, 0.2) is 0 Å². The van der Waals surface area contributed by atoms with Crippen LogP contribution in [0, 0.1) is 29.6 Å². The highest BCUT2D eigenvalue weighted by Crippen LogP contribution is 2.54. The quantitative estimate of drug-likeness (QED) is 0.700. The van der Waals surface area contributed by atoms with E-state index < -0.39 is 18.0 Å². The maximum absolute atomic E-state index is 11.0. The van der Waals surface area contributed by atoms with E-state index >= 15 is 0 Å². The average Bonchev–Trinajstić information content (AvgIpc) is 3.19. The zero-order valence-electron chi connectivity index (χ0n) is 11.5. The first-order valence-electron chi connectivity index (χ1n) is 7.47. The number of carboxylic acid groups (broad SMARTS) is 1. The van der Waals surface area contributed by atoms with Crippen molar-refractivity contribution in [3.63, 3.8) is 0 Å². The van der Waals surface area contributed by atoms with Crippen molar-refractivity contribution in [3.8, 4) is 0 Å². The minimum absolute atomic E-state index is 0.522. The lowest BCUT2D eigenvalue weighted by atomic mass is 9.94. The lowest BCUT2D eigenvalue weighted by molar-refractivity contribution is -0.146. The van der Waals surface area contributed by atoms with Crippen molar-refractivity contribution in [3.05, 3.63) is 0 Å². The number of aliphatic hydroxyl groups is 1. The number of aliphatic carboxylic acids is 1. The van der Waals surface area contributed by atoms with Gasteiger partial charge in [-0.05, 0) is 55.8 Å². The maximum atomic E-state index is 11.0. The van der Waals surface area contributed by atoms with E-state index in [2.05, 4.69) is 6.92 Å². The van der Waals surface area contributed by atoms with Crippen LogP contribution in [0.5, 0.6) is 0 Å². The summed E-state index contributed by atoms with van der Waals surface area (Å²) < 4.78 is 0. The molecule has 2 aliphatic rings. The van der Waals surface area contributed by atoms with Gasteiger partial charge in [0.25, 0.3) is 0 Å². The largest absolute Gasteiger partial charge is 0.481 e. The maximum Gasteiger partial charge on any atom is 0.309 e. The molecule has 0 radical (unpaired) electrons. The van der Waals surface area contributed by atoms with E-state index in [1.807, 2.05) is 6.92 Å². The zero-order chi connectivity index (χ0) is 13.3. The molecule has 0 aromatic carbocycles. The minimum Gasteiger partial charge on any atom is -0.481 e. The molecule has 0 aromatic heterocycles. The third-order valence-electron chi connectivity index (χ3n) is 5.03. The summed E-state index contributed by atoms with van der Waals surface area (Å²) >= 11 is 0. The molecular weight excluding hydrogens is 228 g/mol. The summed E-state index contributed by atoms with van der Waals surface area (Å²) in [5.41, 5.74) is 0. The second kappa shape index (κ2) is 5.60. The SMILES string of the molecule is CCC1CC1CC1CC1C[C@@H](O)[C@@H](CC)C(=O)O. The summed E-state index contributed by atoms with van der Waals surface area (Å²) in [4.78, 5) is 11.0. The van der Waals surface area contributed by atoms with Crippen LogP contribution in [0.2, 0.25) is 0 Å². The van der Waals surface area contributed by atoms with Gasteiger partial charge in [-0.1, -0.05) is 20.3 Å². The van der Waals surface area contributed by atoms with Crippen LogP contribution < -0.4 is 0 Å². The van der Waals surface area contributed by atoms with Crippen LogP contribution in [0.1, 0.15) is 52.4 Å². The summed E-state index contributed by atoms with van der Waals surface area (Å²) in [5.74, 6) is 1.83. The van der Waals surface area contributed by atoms with Gasteiger partial charge in [-0.2, -0.15) is 0 Å². The van der Waals surface area contributed by atoms with Crippen LogP contribution in [-0.4, -0.2) is 22.3 Å². The Labute approximate surface area is 110 Å². The fraction of sp³-hybridized carbons (Fsp3) is 0.933. The fourth-order valence-corrected chi connectivity index (χ4v) is 3.46. The molecule has 0 aromatic rings. The molecule has 2 fully saturated rings. The molecule has 104 valence electrons. The van der Waals surface area contributed by atoms with Gasteiger partial charge in [-0.25, -0.2) is 0 Å². The Balaban J connectivity index is 1.67. The van der Waals surface area contributed by atoms with Gasteiger partial charge in [0, 0.05) is 0 Å². The Morgan fingerprint density at radius 1 is 1.17 bits per heavy atom. The molecule has 0 heterocycles. The molecular formula is C15H26O3. The van der Waals surface area contributed by atoms with Crippen molar-refractivity contribution in [2.24, 2.45) is 29.6 Å². The van der Waals surface area contributed by atoms with Crippen molar-refractivity contribution in [1.82, 2.24) is 0 Å². The van der Waals surface area contributed by atoms with Gasteiger partial charge in [-0.3, -0.25) is 4.79 Å². The standard InChI is InChI=1S/C15H26O3/c1-3-9-5-10(9)6-11-7-12(11)8-14(16)13(4-2)15(17)18/h9-14,16H,3-8H2,1-2H3,(H,17,18)/t9?,10?,11?,12?,13-,14-/m1/s1. The fourth-order valence-electron chi connectivity index (χ4n) is 3.46.